The third-order valence-electron chi connectivity index (χ3n) is 6.14. The first-order valence-corrected chi connectivity index (χ1v) is 11.7. The maximum Gasteiger partial charge on any atom is 0.140 e. The van der Waals surface area contributed by atoms with Gasteiger partial charge in [-0.25, -0.2) is 0 Å². The lowest BCUT2D eigenvalue weighted by Gasteiger charge is -2.39. The Balaban J connectivity index is 1.81. The number of likely N-dealkylation sites (tertiary alicyclic amines) is 1. The third kappa shape index (κ3) is 5.46. The smallest absolute Gasteiger partial charge is 0.140 e. The van der Waals surface area contributed by atoms with E-state index >= 15 is 0 Å². The van der Waals surface area contributed by atoms with E-state index in [1.807, 2.05) is 13.8 Å². The van der Waals surface area contributed by atoms with E-state index in [1.165, 1.54) is 25.5 Å². The van der Waals surface area contributed by atoms with Crippen LogP contribution in [0.15, 0.2) is 12.1 Å². The standard InChI is InChI=1S/C20H30Cl2N2O2S/c1-20(2,27(23)26)11-16(15-9-17(21)18(22)10-19(15)25)14-5-7-24(8-6-14)12-13-3-4-13/h9-10,13-14,16,25H,3-8,11-12,23H2,1-2H3. The first-order valence-electron chi connectivity index (χ1n) is 9.74. The summed E-state index contributed by atoms with van der Waals surface area (Å²) in [4.78, 5) is 2.56. The monoisotopic (exact) mass is 432 g/mol. The molecule has 4 nitrogen and oxygen atoms in total. The van der Waals surface area contributed by atoms with Gasteiger partial charge in [0.05, 0.1) is 10.0 Å². The van der Waals surface area contributed by atoms with Crippen molar-refractivity contribution in [3.05, 3.63) is 27.7 Å². The van der Waals surface area contributed by atoms with Gasteiger partial charge in [0.1, 0.15) is 10.5 Å². The number of phenolic OH excluding ortho intramolecular Hbond substituents is 1. The maximum absolute atomic E-state index is 12.1. The van der Waals surface area contributed by atoms with Crippen LogP contribution >= 0.6 is 23.2 Å². The molecule has 0 radical (unpaired) electrons. The van der Waals surface area contributed by atoms with Gasteiger partial charge in [-0.2, -0.15) is 5.14 Å². The van der Waals surface area contributed by atoms with Crippen LogP contribution in [0.3, 0.4) is 0 Å². The molecule has 3 rings (SSSR count). The number of aromatic hydroxyl groups is 1. The number of benzene rings is 1. The summed E-state index contributed by atoms with van der Waals surface area (Å²) in [7, 11) is 0. The van der Waals surface area contributed by atoms with Gasteiger partial charge in [0.2, 0.25) is 0 Å². The zero-order valence-electron chi connectivity index (χ0n) is 16.1. The third-order valence-corrected chi connectivity index (χ3v) is 8.12. The number of phenols is 1. The SMILES string of the molecule is CC(C)(CC(c1cc(Cl)c(Cl)cc1O)C1CCN(CC2CC2)CC1)[S+](N)[O-]. The van der Waals surface area contributed by atoms with Crippen molar-refractivity contribution in [1.29, 1.82) is 0 Å². The number of nitrogens with two attached hydrogens (primary N) is 1. The highest BCUT2D eigenvalue weighted by atomic mass is 35.5. The van der Waals surface area contributed by atoms with Crippen LogP contribution in [0.4, 0.5) is 0 Å². The van der Waals surface area contributed by atoms with Crippen molar-refractivity contribution in [3.8, 4) is 5.75 Å². The number of hydrogen-bond acceptors (Lipinski definition) is 4. The predicted octanol–water partition coefficient (Wildman–Crippen LogP) is 4.70. The Morgan fingerprint density at radius 3 is 2.37 bits per heavy atom. The molecule has 1 heterocycles. The van der Waals surface area contributed by atoms with Crippen molar-refractivity contribution in [1.82, 2.24) is 4.90 Å². The summed E-state index contributed by atoms with van der Waals surface area (Å²) in [6.45, 7) is 7.21. The summed E-state index contributed by atoms with van der Waals surface area (Å²) in [5.41, 5.74) is 0.795. The molecule has 1 saturated carbocycles. The molecule has 0 bridgehead atoms. The summed E-state index contributed by atoms with van der Waals surface area (Å²) >= 11 is 10.9. The molecule has 2 atom stereocenters. The lowest BCUT2D eigenvalue weighted by Crippen LogP contribution is -2.42. The van der Waals surface area contributed by atoms with E-state index in [2.05, 4.69) is 4.90 Å². The van der Waals surface area contributed by atoms with E-state index in [-0.39, 0.29) is 11.7 Å². The Morgan fingerprint density at radius 1 is 1.22 bits per heavy atom. The van der Waals surface area contributed by atoms with Gasteiger partial charge in [0, 0.05) is 30.4 Å². The highest BCUT2D eigenvalue weighted by Crippen LogP contribution is 2.45. The molecule has 1 aromatic carbocycles. The first-order chi connectivity index (χ1) is 12.7. The van der Waals surface area contributed by atoms with Crippen molar-refractivity contribution < 1.29 is 9.66 Å². The summed E-state index contributed by atoms with van der Waals surface area (Å²) < 4.78 is 11.5. The lowest BCUT2D eigenvalue weighted by molar-refractivity contribution is 0.156. The average Bonchev–Trinajstić information content (AvgIpc) is 3.41. The lowest BCUT2D eigenvalue weighted by atomic mass is 9.75. The minimum Gasteiger partial charge on any atom is -0.598 e. The van der Waals surface area contributed by atoms with Gasteiger partial charge in [-0.15, -0.1) is 0 Å². The van der Waals surface area contributed by atoms with Gasteiger partial charge in [-0.3, -0.25) is 0 Å². The van der Waals surface area contributed by atoms with Crippen LogP contribution in [0.5, 0.6) is 5.75 Å². The highest BCUT2D eigenvalue weighted by Gasteiger charge is 2.39. The van der Waals surface area contributed by atoms with E-state index in [0.29, 0.717) is 22.4 Å². The number of hydrogen-bond donors (Lipinski definition) is 2. The molecule has 2 unspecified atom stereocenters. The van der Waals surface area contributed by atoms with Crippen LogP contribution in [-0.4, -0.2) is 38.9 Å². The van der Waals surface area contributed by atoms with Crippen LogP contribution in [0.1, 0.15) is 57.4 Å². The molecule has 7 heteroatoms. The van der Waals surface area contributed by atoms with Crippen LogP contribution in [0, 0.1) is 11.8 Å². The molecule has 1 aliphatic heterocycles. The Morgan fingerprint density at radius 2 is 1.81 bits per heavy atom. The molecule has 3 N–H and O–H groups in total. The molecule has 27 heavy (non-hydrogen) atoms. The van der Waals surface area contributed by atoms with Gasteiger partial charge in [0.15, 0.2) is 0 Å². The Labute approximate surface area is 175 Å². The molecule has 0 amide bonds. The van der Waals surface area contributed by atoms with Crippen molar-refractivity contribution in [2.24, 2.45) is 17.0 Å². The molecule has 0 aromatic heterocycles. The van der Waals surface area contributed by atoms with Gasteiger partial charge in [-0.05, 0) is 82.0 Å². The second-order valence-electron chi connectivity index (χ2n) is 8.77. The minimum atomic E-state index is -1.45. The summed E-state index contributed by atoms with van der Waals surface area (Å²) in [6.07, 6.45) is 5.50. The number of rotatable bonds is 7. The molecule has 1 aromatic rings. The number of halogens is 2. The highest BCUT2D eigenvalue weighted by molar-refractivity contribution is 7.90. The van der Waals surface area contributed by atoms with E-state index < -0.39 is 16.1 Å². The van der Waals surface area contributed by atoms with Gasteiger partial charge >= 0.3 is 0 Å². The molecule has 2 aliphatic rings. The molecule has 2 fully saturated rings. The fraction of sp³-hybridized carbons (Fsp3) is 0.700. The van der Waals surface area contributed by atoms with Crippen LogP contribution in [0.2, 0.25) is 10.0 Å². The zero-order chi connectivity index (χ0) is 19.8. The summed E-state index contributed by atoms with van der Waals surface area (Å²) in [5, 5.41) is 17.1. The molecule has 152 valence electrons. The number of piperidine rings is 1. The predicted molar refractivity (Wildman–Crippen MR) is 114 cm³/mol. The van der Waals surface area contributed by atoms with E-state index in [0.717, 1.165) is 37.4 Å². The minimum absolute atomic E-state index is 0.0466. The Kier molecular flexibility index (Phi) is 6.92. The maximum atomic E-state index is 12.1. The van der Waals surface area contributed by atoms with Gasteiger partial charge in [0.25, 0.3) is 0 Å². The largest absolute Gasteiger partial charge is 0.598 e. The second kappa shape index (κ2) is 8.68. The van der Waals surface area contributed by atoms with E-state index in [4.69, 9.17) is 28.3 Å². The second-order valence-corrected chi connectivity index (χ2v) is 11.3. The van der Waals surface area contributed by atoms with E-state index in [9.17, 15) is 9.66 Å². The zero-order valence-corrected chi connectivity index (χ0v) is 18.4. The van der Waals surface area contributed by atoms with Crippen molar-refractivity contribution in [2.75, 3.05) is 19.6 Å². The fourth-order valence-corrected chi connectivity index (χ4v) is 4.87. The molecular weight excluding hydrogens is 403 g/mol. The Hall–Kier alpha value is -0.170. The van der Waals surface area contributed by atoms with Crippen LogP contribution in [0.25, 0.3) is 0 Å². The van der Waals surface area contributed by atoms with Crippen molar-refractivity contribution in [2.45, 2.75) is 56.6 Å². The fourth-order valence-electron chi connectivity index (χ4n) is 4.19. The topological polar surface area (TPSA) is 72.5 Å². The average molecular weight is 433 g/mol. The molecular formula is C20H30Cl2N2O2S. The normalized spacial score (nSPS) is 22.0. The van der Waals surface area contributed by atoms with Crippen LogP contribution < -0.4 is 5.14 Å². The number of nitrogens with zero attached hydrogens (tertiary/aromatic N) is 1. The molecule has 1 aliphatic carbocycles. The van der Waals surface area contributed by atoms with Crippen molar-refractivity contribution >= 4 is 34.6 Å². The van der Waals surface area contributed by atoms with Crippen molar-refractivity contribution in [3.63, 3.8) is 0 Å². The Bertz CT molecular complexity index is 660. The quantitative estimate of drug-likeness (QED) is 0.612. The van der Waals surface area contributed by atoms with Gasteiger partial charge < -0.3 is 14.6 Å². The van der Waals surface area contributed by atoms with Gasteiger partial charge in [-0.1, -0.05) is 23.2 Å². The summed E-state index contributed by atoms with van der Waals surface area (Å²) in [5.74, 6) is 1.50. The van der Waals surface area contributed by atoms with E-state index in [1.54, 1.807) is 6.07 Å². The van der Waals surface area contributed by atoms with Crippen LogP contribution in [-0.2, 0) is 11.4 Å². The molecule has 1 saturated heterocycles. The molecule has 0 spiro atoms. The summed E-state index contributed by atoms with van der Waals surface area (Å²) in [6, 6.07) is 3.29. The first kappa shape index (κ1) is 21.5.